The Morgan fingerprint density at radius 2 is 2.06 bits per heavy atom. The highest BCUT2D eigenvalue weighted by atomic mass is 16.5. The molecule has 3 heterocycles. The van der Waals surface area contributed by atoms with Crippen molar-refractivity contribution in [3.63, 3.8) is 0 Å². The third kappa shape index (κ3) is 4.78. The molecular weight excluding hydrogens is 402 g/mol. The average Bonchev–Trinajstić information content (AvgIpc) is 3.18. The van der Waals surface area contributed by atoms with E-state index in [4.69, 9.17) is 9.72 Å². The van der Waals surface area contributed by atoms with Crippen molar-refractivity contribution in [1.29, 1.82) is 0 Å². The Balaban J connectivity index is 1.22. The zero-order valence-corrected chi connectivity index (χ0v) is 18.5. The zero-order valence-electron chi connectivity index (χ0n) is 18.5. The minimum atomic E-state index is 0.220. The molecule has 1 aliphatic carbocycles. The second-order valence-corrected chi connectivity index (χ2v) is 8.79. The van der Waals surface area contributed by atoms with E-state index in [0.717, 1.165) is 69.0 Å². The predicted molar refractivity (Wildman–Crippen MR) is 125 cm³/mol. The number of benzene rings is 1. The fourth-order valence-electron chi connectivity index (χ4n) is 4.41. The van der Waals surface area contributed by atoms with Crippen LogP contribution in [-0.4, -0.2) is 53.3 Å². The van der Waals surface area contributed by atoms with Crippen molar-refractivity contribution in [2.24, 2.45) is 5.92 Å². The Labute approximate surface area is 188 Å². The van der Waals surface area contributed by atoms with Gasteiger partial charge in [0, 0.05) is 62.0 Å². The molecule has 5 rings (SSSR count). The summed E-state index contributed by atoms with van der Waals surface area (Å²) in [6, 6.07) is 10.7. The second-order valence-electron chi connectivity index (χ2n) is 8.79. The van der Waals surface area contributed by atoms with Crippen molar-refractivity contribution in [3.8, 4) is 0 Å². The topological polar surface area (TPSA) is 72.3 Å². The number of hydrogen-bond donors (Lipinski definition) is 1. The van der Waals surface area contributed by atoms with Gasteiger partial charge >= 0.3 is 0 Å². The molecule has 2 fully saturated rings. The molecule has 2 aromatic heterocycles. The van der Waals surface area contributed by atoms with Crippen LogP contribution in [0.25, 0.3) is 11.0 Å². The van der Waals surface area contributed by atoms with Crippen LogP contribution in [-0.2, 0) is 22.5 Å². The van der Waals surface area contributed by atoms with E-state index in [1.807, 2.05) is 6.20 Å². The molecule has 1 N–H and O–H groups in total. The van der Waals surface area contributed by atoms with Gasteiger partial charge in [0.25, 0.3) is 0 Å². The second kappa shape index (κ2) is 9.69. The number of anilines is 1. The van der Waals surface area contributed by atoms with Gasteiger partial charge in [0.15, 0.2) is 0 Å². The highest BCUT2D eigenvalue weighted by molar-refractivity contribution is 5.79. The number of nitrogens with zero attached hydrogens (tertiary/aromatic N) is 4. The normalized spacial score (nSPS) is 16.8. The smallest absolute Gasteiger partial charge is 0.223 e. The number of nitrogens with one attached hydrogen (secondary N) is 1. The van der Waals surface area contributed by atoms with Gasteiger partial charge in [-0.15, -0.1) is 0 Å². The van der Waals surface area contributed by atoms with Crippen LogP contribution >= 0.6 is 0 Å². The number of aryl methyl sites for hydroxylation is 1. The minimum Gasteiger partial charge on any atom is -0.378 e. The molecule has 1 aliphatic heterocycles. The molecule has 2 aliphatic rings. The molecule has 3 aromatic rings. The van der Waals surface area contributed by atoms with Gasteiger partial charge in [-0.3, -0.25) is 4.79 Å². The SMILES string of the molecule is O=C(NCCCn1ccc2cnc(Cc3cccc(N4CCOCC4)c3)nc21)C1CCC1. The van der Waals surface area contributed by atoms with E-state index in [1.165, 1.54) is 17.7 Å². The number of carbonyl (C=O) groups excluding carboxylic acids is 1. The number of rotatable bonds is 8. The lowest BCUT2D eigenvalue weighted by atomic mass is 9.85. The zero-order chi connectivity index (χ0) is 21.8. The summed E-state index contributed by atoms with van der Waals surface area (Å²) in [6.07, 6.45) is 8.85. The van der Waals surface area contributed by atoms with Crippen molar-refractivity contribution in [2.75, 3.05) is 37.7 Å². The number of aromatic nitrogens is 3. The first-order valence-corrected chi connectivity index (χ1v) is 11.8. The summed E-state index contributed by atoms with van der Waals surface area (Å²) in [5.74, 6) is 1.30. The summed E-state index contributed by atoms with van der Waals surface area (Å²) in [7, 11) is 0. The van der Waals surface area contributed by atoms with Crippen molar-refractivity contribution in [3.05, 3.63) is 54.1 Å². The molecular formula is C25H31N5O2. The largest absolute Gasteiger partial charge is 0.378 e. The van der Waals surface area contributed by atoms with Gasteiger partial charge in [0.05, 0.1) is 13.2 Å². The lowest BCUT2D eigenvalue weighted by Crippen LogP contribution is -2.36. The molecule has 1 saturated carbocycles. The first kappa shape index (κ1) is 20.9. The maximum absolute atomic E-state index is 12.0. The Bertz CT molecular complexity index is 1070. The summed E-state index contributed by atoms with van der Waals surface area (Å²) in [4.78, 5) is 23.8. The highest BCUT2D eigenvalue weighted by Gasteiger charge is 2.24. The van der Waals surface area contributed by atoms with Gasteiger partial charge < -0.3 is 19.5 Å². The Kier molecular flexibility index (Phi) is 6.34. The van der Waals surface area contributed by atoms with Gasteiger partial charge in [-0.05, 0) is 43.0 Å². The fraction of sp³-hybridized carbons (Fsp3) is 0.480. The Hall–Kier alpha value is -2.93. The minimum absolute atomic E-state index is 0.220. The summed E-state index contributed by atoms with van der Waals surface area (Å²) in [5.41, 5.74) is 3.41. The molecule has 1 amide bonds. The monoisotopic (exact) mass is 433 g/mol. The molecule has 0 spiro atoms. The standard InChI is InChI=1S/C25H31N5O2/c31-25(20-5-2-6-20)26-9-3-10-30-11-8-21-18-27-23(28-24(21)30)17-19-4-1-7-22(16-19)29-12-14-32-15-13-29/h1,4,7-8,11,16,18,20H,2-3,5-6,9-10,12-15,17H2,(H,26,31). The maximum Gasteiger partial charge on any atom is 0.223 e. The molecule has 0 atom stereocenters. The van der Waals surface area contributed by atoms with E-state index in [2.05, 4.69) is 56.3 Å². The van der Waals surface area contributed by atoms with E-state index in [1.54, 1.807) is 0 Å². The van der Waals surface area contributed by atoms with Crippen LogP contribution in [0.2, 0.25) is 0 Å². The van der Waals surface area contributed by atoms with E-state index < -0.39 is 0 Å². The predicted octanol–water partition coefficient (Wildman–Crippen LogP) is 3.17. The molecule has 168 valence electrons. The molecule has 1 aromatic carbocycles. The van der Waals surface area contributed by atoms with Crippen LogP contribution in [0.3, 0.4) is 0 Å². The van der Waals surface area contributed by atoms with Crippen LogP contribution in [0.5, 0.6) is 0 Å². The Morgan fingerprint density at radius 1 is 1.19 bits per heavy atom. The number of hydrogen-bond acceptors (Lipinski definition) is 5. The van der Waals surface area contributed by atoms with E-state index in [-0.39, 0.29) is 11.8 Å². The summed E-state index contributed by atoms with van der Waals surface area (Å²) < 4.78 is 7.64. The van der Waals surface area contributed by atoms with Gasteiger partial charge in [-0.2, -0.15) is 0 Å². The number of ether oxygens (including phenoxy) is 1. The van der Waals surface area contributed by atoms with Crippen LogP contribution < -0.4 is 10.2 Å². The van der Waals surface area contributed by atoms with Gasteiger partial charge in [0.2, 0.25) is 5.91 Å². The average molecular weight is 434 g/mol. The molecule has 0 radical (unpaired) electrons. The Morgan fingerprint density at radius 3 is 2.88 bits per heavy atom. The maximum atomic E-state index is 12.0. The fourth-order valence-corrected chi connectivity index (χ4v) is 4.41. The lowest BCUT2D eigenvalue weighted by molar-refractivity contribution is -0.127. The van der Waals surface area contributed by atoms with Gasteiger partial charge in [-0.1, -0.05) is 18.6 Å². The van der Waals surface area contributed by atoms with Crippen molar-refractivity contribution in [2.45, 2.75) is 38.6 Å². The van der Waals surface area contributed by atoms with Crippen LogP contribution in [0.4, 0.5) is 5.69 Å². The number of morpholine rings is 1. The van der Waals surface area contributed by atoms with Crippen molar-refractivity contribution >= 4 is 22.6 Å². The quantitative estimate of drug-likeness (QED) is 0.553. The number of amides is 1. The van der Waals surface area contributed by atoms with E-state index in [9.17, 15) is 4.79 Å². The van der Waals surface area contributed by atoms with E-state index in [0.29, 0.717) is 13.0 Å². The number of fused-ring (bicyclic) bond motifs is 1. The first-order valence-electron chi connectivity index (χ1n) is 11.8. The molecule has 0 bridgehead atoms. The van der Waals surface area contributed by atoms with Crippen molar-refractivity contribution in [1.82, 2.24) is 19.9 Å². The molecule has 7 nitrogen and oxygen atoms in total. The van der Waals surface area contributed by atoms with Crippen LogP contribution in [0, 0.1) is 5.92 Å². The van der Waals surface area contributed by atoms with E-state index >= 15 is 0 Å². The summed E-state index contributed by atoms with van der Waals surface area (Å²) in [6.45, 7) is 4.97. The highest BCUT2D eigenvalue weighted by Crippen LogP contribution is 2.26. The lowest BCUT2D eigenvalue weighted by Gasteiger charge is -2.29. The third-order valence-corrected chi connectivity index (χ3v) is 6.55. The van der Waals surface area contributed by atoms with Gasteiger partial charge in [0.1, 0.15) is 11.5 Å². The third-order valence-electron chi connectivity index (χ3n) is 6.55. The van der Waals surface area contributed by atoms with Crippen LogP contribution in [0.15, 0.2) is 42.7 Å². The number of carbonyl (C=O) groups is 1. The van der Waals surface area contributed by atoms with Gasteiger partial charge in [-0.25, -0.2) is 9.97 Å². The summed E-state index contributed by atoms with van der Waals surface area (Å²) in [5, 5.41) is 4.12. The molecule has 7 heteroatoms. The molecule has 1 saturated heterocycles. The first-order chi connectivity index (χ1) is 15.8. The molecule has 0 unspecified atom stereocenters. The van der Waals surface area contributed by atoms with Crippen LogP contribution in [0.1, 0.15) is 37.1 Å². The molecule has 32 heavy (non-hydrogen) atoms. The van der Waals surface area contributed by atoms with Crippen molar-refractivity contribution < 1.29 is 9.53 Å². The summed E-state index contributed by atoms with van der Waals surface area (Å²) >= 11 is 0.